The summed E-state index contributed by atoms with van der Waals surface area (Å²) in [6, 6.07) is 2.81. The molecule has 0 spiro atoms. The quantitative estimate of drug-likeness (QED) is 0.846. The summed E-state index contributed by atoms with van der Waals surface area (Å²) in [6.45, 7) is 11.1. The van der Waals surface area contributed by atoms with Crippen molar-refractivity contribution in [1.29, 1.82) is 0 Å². The monoisotopic (exact) mass is 263 g/mol. The summed E-state index contributed by atoms with van der Waals surface area (Å²) in [4.78, 5) is 0. The number of hydrogen-bond acceptors (Lipinski definition) is 2. The maximum Gasteiger partial charge on any atom is 0.0762 e. The van der Waals surface area contributed by atoms with Gasteiger partial charge in [0.2, 0.25) is 0 Å². The number of hydrogen-bond donors (Lipinski definition) is 1. The number of nitrogens with one attached hydrogen (secondary N) is 1. The highest BCUT2D eigenvalue weighted by molar-refractivity contribution is 5.00. The van der Waals surface area contributed by atoms with E-state index in [1.165, 1.54) is 31.4 Å². The lowest BCUT2D eigenvalue weighted by Crippen LogP contribution is -2.33. The Hall–Kier alpha value is -0.830. The van der Waals surface area contributed by atoms with Gasteiger partial charge in [-0.05, 0) is 30.2 Å². The van der Waals surface area contributed by atoms with Crippen LogP contribution in [0.3, 0.4) is 0 Å². The Balaban J connectivity index is 1.80. The molecule has 108 valence electrons. The van der Waals surface area contributed by atoms with Crippen LogP contribution in [0, 0.1) is 11.3 Å². The molecule has 1 aromatic heterocycles. The first-order valence-electron chi connectivity index (χ1n) is 7.74. The zero-order valence-electron chi connectivity index (χ0n) is 12.9. The van der Waals surface area contributed by atoms with Gasteiger partial charge in [0.1, 0.15) is 0 Å². The molecule has 1 heterocycles. The Labute approximate surface area is 117 Å². The fraction of sp³-hybridized carbons (Fsp3) is 0.812. The highest BCUT2D eigenvalue weighted by Gasteiger charge is 2.22. The van der Waals surface area contributed by atoms with E-state index >= 15 is 0 Å². The van der Waals surface area contributed by atoms with E-state index < -0.39 is 0 Å². The summed E-state index contributed by atoms with van der Waals surface area (Å²) in [5.74, 6) is 0.691. The van der Waals surface area contributed by atoms with Crippen LogP contribution in [0.15, 0.2) is 12.3 Å². The zero-order valence-corrected chi connectivity index (χ0v) is 12.9. The van der Waals surface area contributed by atoms with Crippen molar-refractivity contribution < 1.29 is 0 Å². The van der Waals surface area contributed by atoms with E-state index in [9.17, 15) is 0 Å². The molecule has 3 nitrogen and oxygen atoms in total. The van der Waals surface area contributed by atoms with Crippen LogP contribution >= 0.6 is 0 Å². The predicted octanol–water partition coefficient (Wildman–Crippen LogP) is 3.77. The second-order valence-corrected chi connectivity index (χ2v) is 6.97. The third-order valence-corrected chi connectivity index (χ3v) is 4.81. The number of rotatable bonds is 6. The lowest BCUT2D eigenvalue weighted by Gasteiger charge is -2.29. The third kappa shape index (κ3) is 3.82. The van der Waals surface area contributed by atoms with Gasteiger partial charge >= 0.3 is 0 Å². The van der Waals surface area contributed by atoms with Crippen molar-refractivity contribution in [2.75, 3.05) is 6.54 Å². The second kappa shape index (κ2) is 6.08. The van der Waals surface area contributed by atoms with Crippen LogP contribution in [-0.4, -0.2) is 16.3 Å². The largest absolute Gasteiger partial charge is 0.311 e. The van der Waals surface area contributed by atoms with E-state index in [1.54, 1.807) is 0 Å². The lowest BCUT2D eigenvalue weighted by molar-refractivity contribution is 0.237. The average molecular weight is 263 g/mol. The van der Waals surface area contributed by atoms with E-state index in [1.807, 2.05) is 0 Å². The molecule has 3 heteroatoms. The van der Waals surface area contributed by atoms with Crippen molar-refractivity contribution >= 4 is 0 Å². The first kappa shape index (κ1) is 14.6. The molecule has 1 aromatic rings. The molecule has 0 unspecified atom stereocenters. The highest BCUT2D eigenvalue weighted by Crippen LogP contribution is 2.28. The Morgan fingerprint density at radius 1 is 1.37 bits per heavy atom. The van der Waals surface area contributed by atoms with Crippen LogP contribution in [0.1, 0.15) is 65.1 Å². The number of aromatic nitrogens is 2. The molecule has 0 aliphatic heterocycles. The molecule has 2 rings (SSSR count). The molecule has 1 aliphatic carbocycles. The SMILES string of the molecule is CC(C)C(C)(C)CNCc1ccn(C2CCCC2)n1. The van der Waals surface area contributed by atoms with Gasteiger partial charge < -0.3 is 5.32 Å². The summed E-state index contributed by atoms with van der Waals surface area (Å²) in [5, 5.41) is 8.26. The minimum Gasteiger partial charge on any atom is -0.311 e. The highest BCUT2D eigenvalue weighted by atomic mass is 15.3. The normalized spacial score (nSPS) is 17.5. The minimum absolute atomic E-state index is 0.341. The molecule has 0 amide bonds. The maximum atomic E-state index is 4.71. The number of nitrogens with zero attached hydrogens (tertiary/aromatic N) is 2. The van der Waals surface area contributed by atoms with Gasteiger partial charge in [-0.15, -0.1) is 0 Å². The molecule has 1 aliphatic rings. The molecule has 1 fully saturated rings. The van der Waals surface area contributed by atoms with Crippen LogP contribution in [0.2, 0.25) is 0 Å². The molecule has 0 atom stereocenters. The van der Waals surface area contributed by atoms with E-state index in [4.69, 9.17) is 5.10 Å². The smallest absolute Gasteiger partial charge is 0.0762 e. The standard InChI is InChI=1S/C16H29N3/c1-13(2)16(3,4)12-17-11-14-9-10-19(18-14)15-7-5-6-8-15/h9-10,13,15,17H,5-8,11-12H2,1-4H3. The minimum atomic E-state index is 0.341. The van der Waals surface area contributed by atoms with E-state index in [-0.39, 0.29) is 0 Å². The first-order chi connectivity index (χ1) is 8.99. The van der Waals surface area contributed by atoms with Gasteiger partial charge in [-0.3, -0.25) is 4.68 Å². The molecule has 0 radical (unpaired) electrons. The van der Waals surface area contributed by atoms with Gasteiger partial charge in [0.05, 0.1) is 11.7 Å². The molecule has 1 saturated carbocycles. The Morgan fingerprint density at radius 2 is 2.05 bits per heavy atom. The van der Waals surface area contributed by atoms with E-state index in [0.29, 0.717) is 17.4 Å². The molecule has 0 saturated heterocycles. The third-order valence-electron chi connectivity index (χ3n) is 4.81. The summed E-state index contributed by atoms with van der Waals surface area (Å²) < 4.78 is 2.18. The Bertz CT molecular complexity index is 386. The summed E-state index contributed by atoms with van der Waals surface area (Å²) in [6.07, 6.45) is 7.48. The van der Waals surface area contributed by atoms with Gasteiger partial charge in [0, 0.05) is 19.3 Å². The lowest BCUT2D eigenvalue weighted by atomic mass is 9.81. The van der Waals surface area contributed by atoms with Crippen molar-refractivity contribution in [3.8, 4) is 0 Å². The molecule has 19 heavy (non-hydrogen) atoms. The first-order valence-corrected chi connectivity index (χ1v) is 7.74. The van der Waals surface area contributed by atoms with Crippen molar-refractivity contribution in [2.24, 2.45) is 11.3 Å². The van der Waals surface area contributed by atoms with Crippen LogP contribution in [0.5, 0.6) is 0 Å². The molecule has 0 aromatic carbocycles. The Morgan fingerprint density at radius 3 is 2.68 bits per heavy atom. The summed E-state index contributed by atoms with van der Waals surface area (Å²) in [5.41, 5.74) is 1.51. The predicted molar refractivity (Wildman–Crippen MR) is 80.1 cm³/mol. The second-order valence-electron chi connectivity index (χ2n) is 6.97. The van der Waals surface area contributed by atoms with Gasteiger partial charge in [0.25, 0.3) is 0 Å². The summed E-state index contributed by atoms with van der Waals surface area (Å²) >= 11 is 0. The van der Waals surface area contributed by atoms with E-state index in [2.05, 4.69) is 50.0 Å². The molecule has 0 bridgehead atoms. The van der Waals surface area contributed by atoms with Crippen molar-refractivity contribution in [3.63, 3.8) is 0 Å². The molecular formula is C16H29N3. The fourth-order valence-corrected chi connectivity index (χ4v) is 2.56. The Kier molecular flexibility index (Phi) is 4.67. The van der Waals surface area contributed by atoms with E-state index in [0.717, 1.165) is 13.1 Å². The topological polar surface area (TPSA) is 29.9 Å². The maximum absolute atomic E-state index is 4.71. The van der Waals surface area contributed by atoms with Crippen molar-refractivity contribution in [2.45, 2.75) is 66.0 Å². The zero-order chi connectivity index (χ0) is 13.9. The van der Waals surface area contributed by atoms with Crippen molar-refractivity contribution in [1.82, 2.24) is 15.1 Å². The van der Waals surface area contributed by atoms with Gasteiger partial charge in [-0.1, -0.05) is 40.5 Å². The van der Waals surface area contributed by atoms with Crippen LogP contribution in [0.4, 0.5) is 0 Å². The van der Waals surface area contributed by atoms with Gasteiger partial charge in [-0.2, -0.15) is 5.10 Å². The van der Waals surface area contributed by atoms with Crippen LogP contribution in [0.25, 0.3) is 0 Å². The molecular weight excluding hydrogens is 234 g/mol. The van der Waals surface area contributed by atoms with Gasteiger partial charge in [-0.25, -0.2) is 0 Å². The van der Waals surface area contributed by atoms with Crippen LogP contribution < -0.4 is 5.32 Å². The fourth-order valence-electron chi connectivity index (χ4n) is 2.56. The van der Waals surface area contributed by atoms with Crippen molar-refractivity contribution in [3.05, 3.63) is 18.0 Å². The van der Waals surface area contributed by atoms with Gasteiger partial charge in [0.15, 0.2) is 0 Å². The molecule has 1 N–H and O–H groups in total. The summed E-state index contributed by atoms with van der Waals surface area (Å²) in [7, 11) is 0. The van der Waals surface area contributed by atoms with Crippen LogP contribution in [-0.2, 0) is 6.54 Å². The average Bonchev–Trinajstić information content (AvgIpc) is 2.98.